The highest BCUT2D eigenvalue weighted by Gasteiger charge is 2.30. The Bertz CT molecular complexity index is 3400. The van der Waals surface area contributed by atoms with Crippen LogP contribution in [-0.2, 0) is 47.9 Å². The van der Waals surface area contributed by atoms with Gasteiger partial charge in [0.1, 0.15) is 0 Å². The van der Waals surface area contributed by atoms with Gasteiger partial charge in [0.15, 0.2) is 28.9 Å². The van der Waals surface area contributed by atoms with Crippen molar-refractivity contribution in [3.63, 3.8) is 0 Å². The molecule has 0 aliphatic heterocycles. The maximum atomic E-state index is 12.0. The quantitative estimate of drug-likeness (QED) is 0.0155. The van der Waals surface area contributed by atoms with Crippen LogP contribution in [0.1, 0.15) is 311 Å². The summed E-state index contributed by atoms with van der Waals surface area (Å²) in [5, 5.41) is 82.8. The Balaban J connectivity index is 0.000000744. The van der Waals surface area contributed by atoms with Crippen LogP contribution < -0.4 is 0 Å². The highest BCUT2D eigenvalue weighted by molar-refractivity contribution is 6.08. The summed E-state index contributed by atoms with van der Waals surface area (Å²) in [4.78, 5) is 112. The van der Waals surface area contributed by atoms with E-state index in [9.17, 15) is 68.4 Å². The van der Waals surface area contributed by atoms with Crippen LogP contribution in [0.15, 0.2) is 181 Å². The number of carboxylic acids is 5. The maximum Gasteiger partial charge on any atom is 0.303 e. The molecule has 5 aliphatic rings. The van der Waals surface area contributed by atoms with Crippen molar-refractivity contribution in [2.75, 3.05) is 0 Å². The molecule has 5 rings (SSSR count). The maximum absolute atomic E-state index is 12.0. The van der Waals surface area contributed by atoms with Gasteiger partial charge in [0.05, 0.1) is 24.4 Å². The van der Waals surface area contributed by atoms with Crippen molar-refractivity contribution >= 4 is 58.8 Å². The van der Waals surface area contributed by atoms with Gasteiger partial charge in [0.2, 0.25) is 0 Å². The van der Waals surface area contributed by atoms with Crippen molar-refractivity contribution in [1.82, 2.24) is 0 Å². The predicted molar refractivity (Wildman–Crippen MR) is 477 cm³/mol. The van der Waals surface area contributed by atoms with E-state index in [0.29, 0.717) is 44.9 Å². The molecular weight excluding hydrogens is 1510 g/mol. The Morgan fingerprint density at radius 3 is 1.20 bits per heavy atom. The summed E-state index contributed by atoms with van der Waals surface area (Å²) in [6, 6.07) is 0. The minimum Gasteiger partial charge on any atom is -0.481 e. The minimum absolute atomic E-state index is 0.0106. The Morgan fingerprint density at radius 1 is 0.353 bits per heavy atom. The predicted octanol–water partition coefficient (Wildman–Crippen LogP) is 21.6. The first kappa shape index (κ1) is 109. The largest absolute Gasteiger partial charge is 0.481 e. The number of rotatable bonds is 60. The van der Waals surface area contributed by atoms with Gasteiger partial charge in [0, 0.05) is 84.7 Å². The van der Waals surface area contributed by atoms with E-state index >= 15 is 0 Å². The molecule has 0 fully saturated rings. The highest BCUT2D eigenvalue weighted by Crippen LogP contribution is 2.33. The molecule has 19 heteroatoms. The Labute approximate surface area is 712 Å². The van der Waals surface area contributed by atoms with Gasteiger partial charge in [-0.25, -0.2) is 0 Å². The van der Waals surface area contributed by atoms with Crippen LogP contribution in [0.2, 0.25) is 0 Å². The van der Waals surface area contributed by atoms with Gasteiger partial charge in [-0.1, -0.05) is 284 Å². The fourth-order valence-corrected chi connectivity index (χ4v) is 14.1. The summed E-state index contributed by atoms with van der Waals surface area (Å²) in [6.07, 6.45) is 86.5. The Morgan fingerprint density at radius 2 is 0.731 bits per heavy atom. The molecule has 0 aromatic heterocycles. The molecule has 0 amide bonds. The molecule has 19 nitrogen and oxygen atoms in total. The van der Waals surface area contributed by atoms with E-state index in [1.807, 2.05) is 128 Å². The normalized spacial score (nSPS) is 21.1. The highest BCUT2D eigenvalue weighted by atomic mass is 16.4. The first-order valence-corrected chi connectivity index (χ1v) is 45.0. The van der Waals surface area contributed by atoms with Crippen LogP contribution in [0.3, 0.4) is 0 Å². The molecule has 9 N–H and O–H groups in total. The van der Waals surface area contributed by atoms with E-state index in [1.165, 1.54) is 19.3 Å². The number of aliphatic hydroxyl groups is 4. The van der Waals surface area contributed by atoms with Crippen molar-refractivity contribution in [2.45, 2.75) is 335 Å². The molecule has 0 aromatic rings. The first-order valence-electron chi connectivity index (χ1n) is 45.0. The third kappa shape index (κ3) is 56.7. The van der Waals surface area contributed by atoms with E-state index in [2.05, 4.69) is 40.7 Å². The lowest BCUT2D eigenvalue weighted by atomic mass is 9.88. The lowest BCUT2D eigenvalue weighted by Gasteiger charge is -2.15. The van der Waals surface area contributed by atoms with Crippen LogP contribution in [0.4, 0.5) is 0 Å². The molecule has 0 radical (unpaired) electrons. The van der Waals surface area contributed by atoms with Gasteiger partial charge < -0.3 is 46.0 Å². The number of carbonyl (C=O) groups is 10. The molecule has 0 unspecified atom stereocenters. The summed E-state index contributed by atoms with van der Waals surface area (Å²) in [6.45, 7) is 10.7. The number of aliphatic carboxylic acids is 5. The number of carbonyl (C=O) groups excluding carboxylic acids is 5. The van der Waals surface area contributed by atoms with E-state index in [4.69, 9.17) is 25.5 Å². The van der Waals surface area contributed by atoms with Gasteiger partial charge in [-0.05, 0) is 171 Å². The van der Waals surface area contributed by atoms with E-state index < -0.39 is 48.2 Å². The lowest BCUT2D eigenvalue weighted by molar-refractivity contribution is -0.138. The minimum atomic E-state index is -0.777. The number of carboxylic acid groups (broad SMARTS) is 5. The first-order chi connectivity index (χ1) is 57.3. The number of unbranched alkanes of at least 4 members (excludes halogenated alkanes) is 18. The second kappa shape index (κ2) is 71.4. The molecule has 0 saturated carbocycles. The Hall–Kier alpha value is -8.36. The SMILES string of the molecule is CCCCC/C=C/C=C1/C(=O)C=C[C@@H]1C/C=C\CCCC(=O)O.CCCCC[C@H](O)/C=C/[C@H]1C(=O)C=C[C@@H]1C/C=C\CCCC(=O)O.CCCCC[C@H](O)/C=C/[C@H]1C=CC(=O)[C@@H]1C/C=C\CCCC(=O)O.CCCCC[C@H](O)/C=C/[C@H]1C=CC(=O)[C@@H]1CCCCCCC(=O)O.CCCCC[C@H](O)C/C=C1/C(=O)C=C[C@@H]1C/C=C\CCCC(=O)O. The molecule has 5 aliphatic carbocycles. The average molecular weight is 1660 g/mol. The standard InChI is InChI=1S/2C20H30O4.C20H32O4.C20H30O4.C20H28O3/c2*1-2-3-6-10-17(21)13-14-18-16(12-15-19(18)22)9-7-4-5-8-11-20(23)24;2*1-2-3-6-9-17(21)14-12-16-13-15-19(22)18(16)10-7-4-5-8-11-20(23)24;1-2-3-4-5-6-10-13-18-17(15-16-19(18)21)12-9-7-8-11-14-20(22)23/h4,7,12,14-17,21H,2-3,5-6,8-11,13H2,1H3,(H,23,24);4,7,12-18,21H,2-3,5-6,8-11H2,1H3,(H,23,24);12-18,21H,2-11H2,1H3,(H,23,24);4,7,12-18,21H,2-3,5-6,8-11H2,1H3,(H,23,24);6-7,9-10,13,15-17H,2-5,8,11-12,14H2,1H3,(H,22,23)/b7-4-,18-14+;7-4-,14-13+;14-12+;7-4-,14-12+;9-7-,10-6+,18-13+/t16-,17-;3*16-,17-,18+;17-/m00000/s1. The number of hydrogen-bond donors (Lipinski definition) is 9. The molecular formula is C100H150O19. The van der Waals surface area contributed by atoms with Crippen molar-refractivity contribution in [2.24, 2.45) is 47.3 Å². The Kier molecular flexibility index (Phi) is 65.2. The average Bonchev–Trinajstić information content (AvgIpc) is 1.76. The van der Waals surface area contributed by atoms with Gasteiger partial charge in [-0.2, -0.15) is 0 Å². The van der Waals surface area contributed by atoms with Gasteiger partial charge >= 0.3 is 29.8 Å². The fourth-order valence-electron chi connectivity index (χ4n) is 14.1. The summed E-state index contributed by atoms with van der Waals surface area (Å²) < 4.78 is 0. The molecule has 0 bridgehead atoms. The molecule has 0 saturated heterocycles. The van der Waals surface area contributed by atoms with Crippen LogP contribution >= 0.6 is 0 Å². The zero-order valence-electron chi connectivity index (χ0n) is 72.6. The zero-order chi connectivity index (χ0) is 88.1. The summed E-state index contributed by atoms with van der Waals surface area (Å²) in [5.41, 5.74) is 1.63. The molecule has 12 atom stereocenters. The van der Waals surface area contributed by atoms with Crippen LogP contribution in [0, 0.1) is 47.3 Å². The van der Waals surface area contributed by atoms with Gasteiger partial charge in [-0.3, -0.25) is 47.9 Å². The van der Waals surface area contributed by atoms with Gasteiger partial charge in [-0.15, -0.1) is 0 Å². The molecule has 0 aromatic carbocycles. The summed E-state index contributed by atoms with van der Waals surface area (Å²) >= 11 is 0. The second-order valence-corrected chi connectivity index (χ2v) is 31.8. The lowest BCUT2D eigenvalue weighted by Crippen LogP contribution is -2.15. The summed E-state index contributed by atoms with van der Waals surface area (Å²) in [5.74, 6) is -3.06. The van der Waals surface area contributed by atoms with E-state index in [-0.39, 0.29) is 114 Å². The van der Waals surface area contributed by atoms with Crippen molar-refractivity contribution in [3.05, 3.63) is 181 Å². The van der Waals surface area contributed by atoms with Crippen molar-refractivity contribution < 1.29 is 93.9 Å². The third-order valence-electron chi connectivity index (χ3n) is 21.3. The van der Waals surface area contributed by atoms with Crippen LogP contribution in [0.25, 0.3) is 0 Å². The third-order valence-corrected chi connectivity index (χ3v) is 21.3. The van der Waals surface area contributed by atoms with Crippen LogP contribution in [0.5, 0.6) is 0 Å². The molecule has 119 heavy (non-hydrogen) atoms. The topological polar surface area (TPSA) is 353 Å². The number of hydrogen-bond acceptors (Lipinski definition) is 14. The fraction of sp³-hybridized carbons (Fsp3) is 0.600. The van der Waals surface area contributed by atoms with E-state index in [0.717, 1.165) is 191 Å². The zero-order valence-corrected chi connectivity index (χ0v) is 72.6. The van der Waals surface area contributed by atoms with Gasteiger partial charge in [0.25, 0.3) is 0 Å². The van der Waals surface area contributed by atoms with E-state index in [1.54, 1.807) is 36.5 Å². The second-order valence-electron chi connectivity index (χ2n) is 31.8. The van der Waals surface area contributed by atoms with Crippen molar-refractivity contribution in [1.29, 1.82) is 0 Å². The smallest absolute Gasteiger partial charge is 0.303 e. The monoisotopic (exact) mass is 1660 g/mol. The van der Waals surface area contributed by atoms with Crippen molar-refractivity contribution in [3.8, 4) is 0 Å². The molecule has 0 heterocycles. The number of ketones is 5. The number of allylic oxidation sites excluding steroid dienone is 26. The number of aliphatic hydroxyl groups excluding tert-OH is 4. The summed E-state index contributed by atoms with van der Waals surface area (Å²) in [7, 11) is 0. The van der Waals surface area contributed by atoms with Crippen LogP contribution in [-0.4, -0.2) is 129 Å². The molecule has 664 valence electrons. The molecule has 0 spiro atoms.